The number of alkyl halides is 3. The Kier molecular flexibility index (Phi) is 4.29. The van der Waals surface area contributed by atoms with E-state index in [-0.39, 0.29) is 17.1 Å². The van der Waals surface area contributed by atoms with E-state index in [0.717, 1.165) is 25.6 Å². The molecule has 3 saturated heterocycles. The number of rotatable bonds is 3. The maximum atomic E-state index is 13.0. The quantitative estimate of drug-likeness (QED) is 0.589. The van der Waals surface area contributed by atoms with Crippen molar-refractivity contribution in [2.24, 2.45) is 12.5 Å². The van der Waals surface area contributed by atoms with Gasteiger partial charge in [-0.15, -0.1) is 0 Å². The van der Waals surface area contributed by atoms with Crippen molar-refractivity contribution in [3.8, 4) is 0 Å². The number of hydrogen-bond acceptors (Lipinski definition) is 7. The summed E-state index contributed by atoms with van der Waals surface area (Å²) in [6, 6.07) is 2.70. The zero-order valence-electron chi connectivity index (χ0n) is 17.9. The Labute approximate surface area is 186 Å². The summed E-state index contributed by atoms with van der Waals surface area (Å²) in [5.74, 6) is 0.570. The maximum Gasteiger partial charge on any atom is 0.433 e. The van der Waals surface area contributed by atoms with E-state index in [4.69, 9.17) is 9.72 Å². The molecule has 0 N–H and O–H groups in total. The molecule has 3 aromatic heterocycles. The second-order valence-electron chi connectivity index (χ2n) is 9.21. The van der Waals surface area contributed by atoms with E-state index in [1.807, 2.05) is 4.90 Å². The van der Waals surface area contributed by atoms with Gasteiger partial charge in [0, 0.05) is 50.5 Å². The highest BCUT2D eigenvalue weighted by Crippen LogP contribution is 2.43. The Morgan fingerprint density at radius 2 is 1.91 bits per heavy atom. The second kappa shape index (κ2) is 6.92. The van der Waals surface area contributed by atoms with Gasteiger partial charge in [0.2, 0.25) is 5.95 Å². The summed E-state index contributed by atoms with van der Waals surface area (Å²) in [7, 11) is 1.71. The Morgan fingerprint density at radius 3 is 2.61 bits per heavy atom. The van der Waals surface area contributed by atoms with Crippen LogP contribution in [0.15, 0.2) is 29.3 Å². The van der Waals surface area contributed by atoms with Crippen LogP contribution in [0.4, 0.5) is 24.8 Å². The lowest BCUT2D eigenvalue weighted by molar-refractivity contribution is -0.141. The molecule has 1 spiro atoms. The summed E-state index contributed by atoms with van der Waals surface area (Å²) in [4.78, 5) is 29.4. The lowest BCUT2D eigenvalue weighted by Gasteiger charge is -2.49. The van der Waals surface area contributed by atoms with Gasteiger partial charge in [0.15, 0.2) is 5.65 Å². The number of hydrogen-bond donors (Lipinski definition) is 0. The molecule has 0 aromatic carbocycles. The molecule has 3 aromatic rings. The van der Waals surface area contributed by atoms with E-state index in [0.29, 0.717) is 49.1 Å². The molecule has 0 aliphatic carbocycles. The van der Waals surface area contributed by atoms with Crippen LogP contribution in [0.2, 0.25) is 0 Å². The molecule has 0 bridgehead atoms. The predicted octanol–water partition coefficient (Wildman–Crippen LogP) is 1.83. The van der Waals surface area contributed by atoms with Gasteiger partial charge >= 0.3 is 11.9 Å². The maximum absolute atomic E-state index is 13.0. The Bertz CT molecular complexity index is 1290. The van der Waals surface area contributed by atoms with Crippen molar-refractivity contribution in [1.82, 2.24) is 24.1 Å². The minimum Gasteiger partial charge on any atom is -0.377 e. The van der Waals surface area contributed by atoms with E-state index >= 15 is 0 Å². The fraction of sp³-hybridized carbons (Fsp3) is 0.524. The zero-order valence-corrected chi connectivity index (χ0v) is 17.9. The Hall–Kier alpha value is -3.15. The molecular formula is C21H22F3N7O2. The van der Waals surface area contributed by atoms with Gasteiger partial charge in [0.05, 0.1) is 25.5 Å². The number of ether oxygens (including phenoxy) is 1. The molecule has 12 heteroatoms. The summed E-state index contributed by atoms with van der Waals surface area (Å²) in [6.45, 7) is 3.80. The van der Waals surface area contributed by atoms with Crippen LogP contribution in [0.3, 0.4) is 0 Å². The molecule has 3 aliphatic rings. The van der Waals surface area contributed by atoms with Crippen molar-refractivity contribution in [2.75, 3.05) is 49.2 Å². The molecule has 0 amide bonds. The largest absolute Gasteiger partial charge is 0.433 e. The van der Waals surface area contributed by atoms with E-state index < -0.39 is 11.9 Å². The fourth-order valence-electron chi connectivity index (χ4n) is 5.06. The van der Waals surface area contributed by atoms with Crippen LogP contribution in [-0.2, 0) is 18.0 Å². The summed E-state index contributed by atoms with van der Waals surface area (Å²) in [5.41, 5.74) is 0.799. The highest BCUT2D eigenvalue weighted by Gasteiger charge is 2.48. The first-order valence-corrected chi connectivity index (χ1v) is 10.8. The third-order valence-electron chi connectivity index (χ3n) is 6.98. The van der Waals surface area contributed by atoms with Crippen LogP contribution >= 0.6 is 0 Å². The number of imidazole rings is 1. The van der Waals surface area contributed by atoms with Crippen molar-refractivity contribution < 1.29 is 17.9 Å². The van der Waals surface area contributed by atoms with Crippen LogP contribution in [0.5, 0.6) is 0 Å². The third-order valence-corrected chi connectivity index (χ3v) is 6.98. The molecule has 6 heterocycles. The molecule has 3 fully saturated rings. The van der Waals surface area contributed by atoms with Gasteiger partial charge in [0.1, 0.15) is 11.2 Å². The van der Waals surface area contributed by atoms with Gasteiger partial charge in [0.25, 0.3) is 0 Å². The first kappa shape index (κ1) is 20.5. The van der Waals surface area contributed by atoms with Crippen molar-refractivity contribution in [2.45, 2.75) is 18.6 Å². The van der Waals surface area contributed by atoms with E-state index in [1.54, 1.807) is 28.4 Å². The number of pyridine rings is 1. The standard InChI is InChI=1S/C21H22F3N7O2/c1-28-15-7-26-18(27-17(15)31(19(28)32)14-8-33-9-14)29-5-3-20(10-29)11-30(12-20)13-2-4-25-16(6-13)21(22,23)24/h2,4,6-7,14H,3,5,8-12H2,1H3. The molecule has 33 heavy (non-hydrogen) atoms. The number of fused-ring (bicyclic) bond motifs is 1. The summed E-state index contributed by atoms with van der Waals surface area (Å²) in [6.07, 6.45) is -0.661. The normalized spacial score (nSPS) is 20.5. The molecule has 0 saturated carbocycles. The minimum absolute atomic E-state index is 0.0157. The van der Waals surface area contributed by atoms with Crippen molar-refractivity contribution in [1.29, 1.82) is 0 Å². The number of aromatic nitrogens is 5. The van der Waals surface area contributed by atoms with Gasteiger partial charge in [-0.25, -0.2) is 9.78 Å². The van der Waals surface area contributed by atoms with Crippen LogP contribution in [0.1, 0.15) is 18.2 Å². The smallest absolute Gasteiger partial charge is 0.377 e. The lowest BCUT2D eigenvalue weighted by atomic mass is 9.79. The topological polar surface area (TPSA) is 81.3 Å². The molecule has 6 rings (SSSR count). The third kappa shape index (κ3) is 3.18. The SMILES string of the molecule is Cn1c(=O)n(C2COC2)c2nc(N3CCC4(CN(c5ccnc(C(F)(F)F)c5)C4)C3)ncc21. The molecule has 174 valence electrons. The predicted molar refractivity (Wildman–Crippen MR) is 113 cm³/mol. The summed E-state index contributed by atoms with van der Waals surface area (Å²) in [5, 5.41) is 0. The Morgan fingerprint density at radius 1 is 1.15 bits per heavy atom. The number of aryl methyl sites for hydroxylation is 1. The number of halogens is 3. The first-order valence-electron chi connectivity index (χ1n) is 10.8. The van der Waals surface area contributed by atoms with Gasteiger partial charge in [-0.3, -0.25) is 14.1 Å². The first-order chi connectivity index (χ1) is 15.7. The van der Waals surface area contributed by atoms with E-state index in [9.17, 15) is 18.0 Å². The van der Waals surface area contributed by atoms with E-state index in [2.05, 4.69) is 14.9 Å². The molecule has 0 atom stereocenters. The molecule has 3 aliphatic heterocycles. The van der Waals surface area contributed by atoms with E-state index in [1.165, 1.54) is 6.20 Å². The average Bonchev–Trinajstić information content (AvgIpc) is 3.28. The number of anilines is 2. The van der Waals surface area contributed by atoms with Gasteiger partial charge in [-0.2, -0.15) is 18.2 Å². The van der Waals surface area contributed by atoms with Crippen LogP contribution in [-0.4, -0.2) is 63.5 Å². The van der Waals surface area contributed by atoms with Crippen LogP contribution in [0.25, 0.3) is 11.2 Å². The minimum atomic E-state index is -4.46. The van der Waals surface area contributed by atoms with Crippen LogP contribution < -0.4 is 15.5 Å². The van der Waals surface area contributed by atoms with Crippen molar-refractivity contribution in [3.05, 3.63) is 40.7 Å². The lowest BCUT2D eigenvalue weighted by Crippen LogP contribution is -2.57. The molecule has 0 unspecified atom stereocenters. The molecular weight excluding hydrogens is 439 g/mol. The van der Waals surface area contributed by atoms with Gasteiger partial charge < -0.3 is 14.5 Å². The monoisotopic (exact) mass is 461 g/mol. The Balaban J connectivity index is 1.21. The highest BCUT2D eigenvalue weighted by atomic mass is 19.4. The average molecular weight is 461 g/mol. The summed E-state index contributed by atoms with van der Waals surface area (Å²) < 4.78 is 47.5. The highest BCUT2D eigenvalue weighted by molar-refractivity contribution is 5.72. The fourth-order valence-corrected chi connectivity index (χ4v) is 5.06. The van der Waals surface area contributed by atoms with Gasteiger partial charge in [-0.1, -0.05) is 0 Å². The van der Waals surface area contributed by atoms with Crippen molar-refractivity contribution in [3.63, 3.8) is 0 Å². The second-order valence-corrected chi connectivity index (χ2v) is 9.21. The summed E-state index contributed by atoms with van der Waals surface area (Å²) >= 11 is 0. The van der Waals surface area contributed by atoms with Crippen molar-refractivity contribution >= 4 is 22.8 Å². The zero-order chi connectivity index (χ0) is 23.0. The van der Waals surface area contributed by atoms with Gasteiger partial charge in [-0.05, 0) is 18.6 Å². The molecule has 9 nitrogen and oxygen atoms in total. The van der Waals surface area contributed by atoms with Crippen LogP contribution in [0, 0.1) is 5.41 Å². The number of nitrogens with zero attached hydrogens (tertiary/aromatic N) is 7. The molecule has 0 radical (unpaired) electrons.